The van der Waals surface area contributed by atoms with Crippen LogP contribution in [0.15, 0.2) is 0 Å². The number of fused-ring (bicyclic) bond motifs is 1. The summed E-state index contributed by atoms with van der Waals surface area (Å²) in [6.45, 7) is 0.746. The van der Waals surface area contributed by atoms with Gasteiger partial charge in [0.2, 0.25) is 0 Å². The molecule has 0 saturated heterocycles. The Morgan fingerprint density at radius 1 is 1.47 bits per heavy atom. The minimum atomic E-state index is -1.00. The summed E-state index contributed by atoms with van der Waals surface area (Å²) in [6.07, 6.45) is 2.73. The highest BCUT2D eigenvalue weighted by Gasteiger charge is 2.27. The highest BCUT2D eigenvalue weighted by Crippen LogP contribution is 2.31. The van der Waals surface area contributed by atoms with Crippen LogP contribution in [0.1, 0.15) is 39.4 Å². The van der Waals surface area contributed by atoms with Gasteiger partial charge in [-0.25, -0.2) is 4.79 Å². The first-order valence-corrected chi connectivity index (χ1v) is 5.59. The molecule has 4 nitrogen and oxygen atoms in total. The quantitative estimate of drug-likeness (QED) is 0.818. The van der Waals surface area contributed by atoms with Gasteiger partial charge in [0.15, 0.2) is 4.84 Å². The zero-order chi connectivity index (χ0) is 11.0. The van der Waals surface area contributed by atoms with Crippen molar-refractivity contribution in [2.24, 2.45) is 0 Å². The molecule has 6 heteroatoms. The second-order valence-corrected chi connectivity index (χ2v) is 4.59. The lowest BCUT2D eigenvalue weighted by molar-refractivity contribution is 0.0694. The van der Waals surface area contributed by atoms with Gasteiger partial charge in [0.05, 0.1) is 5.69 Å². The zero-order valence-corrected chi connectivity index (χ0v) is 9.42. The molecule has 0 spiro atoms. The van der Waals surface area contributed by atoms with E-state index in [0.717, 1.165) is 31.5 Å². The largest absolute Gasteiger partial charge is 0.478 e. The number of aromatic nitrogens is 2. The summed E-state index contributed by atoms with van der Waals surface area (Å²) in [4.78, 5) is 10.2. The Hall–Kier alpha value is -0.740. The maximum absolute atomic E-state index is 11.1. The van der Waals surface area contributed by atoms with E-state index >= 15 is 0 Å². The van der Waals surface area contributed by atoms with Gasteiger partial charge in [0.1, 0.15) is 11.3 Å². The standard InChI is InChI=1S/C9H10Cl2N2O2/c10-8(11)7-6(9(14)15)5-3-1-2-4-13(5)12-7/h8H,1-4H2,(H,14,15). The van der Waals surface area contributed by atoms with Gasteiger partial charge < -0.3 is 5.11 Å². The number of carboxylic acids is 1. The van der Waals surface area contributed by atoms with E-state index in [4.69, 9.17) is 28.3 Å². The smallest absolute Gasteiger partial charge is 0.339 e. The monoisotopic (exact) mass is 248 g/mol. The lowest BCUT2D eigenvalue weighted by atomic mass is 10.1. The Morgan fingerprint density at radius 2 is 2.20 bits per heavy atom. The highest BCUT2D eigenvalue weighted by atomic mass is 35.5. The summed E-state index contributed by atoms with van der Waals surface area (Å²) in [5, 5.41) is 13.2. The van der Waals surface area contributed by atoms with Crippen molar-refractivity contribution in [1.82, 2.24) is 9.78 Å². The van der Waals surface area contributed by atoms with E-state index in [1.54, 1.807) is 4.68 Å². The van der Waals surface area contributed by atoms with Crippen LogP contribution in [0.5, 0.6) is 0 Å². The molecule has 0 bridgehead atoms. The summed E-state index contributed by atoms with van der Waals surface area (Å²) >= 11 is 11.4. The van der Waals surface area contributed by atoms with Crippen molar-refractivity contribution in [2.75, 3.05) is 0 Å². The molecule has 1 aliphatic heterocycles. The van der Waals surface area contributed by atoms with Crippen molar-refractivity contribution in [2.45, 2.75) is 30.6 Å². The number of hydrogen-bond acceptors (Lipinski definition) is 2. The molecule has 0 atom stereocenters. The third kappa shape index (κ3) is 1.84. The zero-order valence-electron chi connectivity index (χ0n) is 7.91. The van der Waals surface area contributed by atoms with E-state index in [9.17, 15) is 4.79 Å². The fourth-order valence-electron chi connectivity index (χ4n) is 1.90. The Labute approximate surface area is 96.8 Å². The average Bonchev–Trinajstić information content (AvgIpc) is 2.56. The van der Waals surface area contributed by atoms with E-state index in [-0.39, 0.29) is 11.3 Å². The van der Waals surface area contributed by atoms with Crippen LogP contribution in [-0.2, 0) is 13.0 Å². The van der Waals surface area contributed by atoms with Crippen molar-refractivity contribution >= 4 is 29.2 Å². The lowest BCUT2D eigenvalue weighted by Crippen LogP contribution is -2.13. The number of hydrogen-bond donors (Lipinski definition) is 1. The molecule has 0 saturated carbocycles. The second-order valence-electron chi connectivity index (χ2n) is 3.49. The predicted octanol–water partition coefficient (Wildman–Crippen LogP) is 2.39. The Balaban J connectivity index is 2.56. The Morgan fingerprint density at radius 3 is 2.80 bits per heavy atom. The number of alkyl halides is 2. The molecule has 82 valence electrons. The van der Waals surface area contributed by atoms with Crippen LogP contribution in [0.2, 0.25) is 0 Å². The first kappa shape index (κ1) is 10.8. The first-order chi connectivity index (χ1) is 7.11. The number of carboxylic acid groups (broad SMARTS) is 1. The van der Waals surface area contributed by atoms with Crippen LogP contribution >= 0.6 is 23.2 Å². The van der Waals surface area contributed by atoms with Crippen LogP contribution in [0.4, 0.5) is 0 Å². The molecule has 1 N–H and O–H groups in total. The number of halogens is 2. The molecule has 1 aromatic heterocycles. The third-order valence-electron chi connectivity index (χ3n) is 2.54. The van der Waals surface area contributed by atoms with Crippen molar-refractivity contribution in [1.29, 1.82) is 0 Å². The van der Waals surface area contributed by atoms with Crippen LogP contribution in [-0.4, -0.2) is 20.9 Å². The van der Waals surface area contributed by atoms with Gasteiger partial charge in [-0.1, -0.05) is 23.2 Å². The topological polar surface area (TPSA) is 55.1 Å². The molecule has 15 heavy (non-hydrogen) atoms. The number of rotatable bonds is 2. The minimum absolute atomic E-state index is 0.185. The molecule has 2 rings (SSSR count). The first-order valence-electron chi connectivity index (χ1n) is 4.72. The summed E-state index contributed by atoms with van der Waals surface area (Å²) in [7, 11) is 0. The number of aryl methyl sites for hydroxylation is 1. The van der Waals surface area contributed by atoms with E-state index in [2.05, 4.69) is 5.10 Å². The highest BCUT2D eigenvalue weighted by molar-refractivity contribution is 6.44. The summed E-state index contributed by atoms with van der Waals surface area (Å²) in [6, 6.07) is 0. The van der Waals surface area contributed by atoms with Crippen LogP contribution in [0, 0.1) is 0 Å². The molecule has 0 unspecified atom stereocenters. The lowest BCUT2D eigenvalue weighted by Gasteiger charge is -2.13. The normalized spacial score (nSPS) is 15.4. The summed E-state index contributed by atoms with van der Waals surface area (Å²) < 4.78 is 1.71. The Kier molecular flexibility index (Phi) is 2.89. The van der Waals surface area contributed by atoms with Gasteiger partial charge in [-0.05, 0) is 19.3 Å². The number of aromatic carboxylic acids is 1. The molecule has 1 aromatic rings. The Bertz CT molecular complexity index is 401. The van der Waals surface area contributed by atoms with Crippen LogP contribution in [0.3, 0.4) is 0 Å². The molecule has 1 aliphatic rings. The van der Waals surface area contributed by atoms with E-state index in [1.165, 1.54) is 0 Å². The summed E-state index contributed by atoms with van der Waals surface area (Å²) in [5.41, 5.74) is 1.20. The fraction of sp³-hybridized carbons (Fsp3) is 0.556. The van der Waals surface area contributed by atoms with Crippen molar-refractivity contribution in [3.8, 4) is 0 Å². The van der Waals surface area contributed by atoms with Gasteiger partial charge in [-0.3, -0.25) is 4.68 Å². The molecule has 0 fully saturated rings. The maximum atomic E-state index is 11.1. The molecule has 0 radical (unpaired) electrons. The van der Waals surface area contributed by atoms with Crippen molar-refractivity contribution in [3.63, 3.8) is 0 Å². The molecule has 0 aromatic carbocycles. The molecule has 0 amide bonds. The molecular formula is C9H10Cl2N2O2. The maximum Gasteiger partial charge on any atom is 0.339 e. The number of carbonyl (C=O) groups is 1. The van der Waals surface area contributed by atoms with Gasteiger partial charge >= 0.3 is 5.97 Å². The van der Waals surface area contributed by atoms with Gasteiger partial charge in [-0.2, -0.15) is 5.10 Å². The van der Waals surface area contributed by atoms with E-state index < -0.39 is 10.8 Å². The van der Waals surface area contributed by atoms with Crippen LogP contribution < -0.4 is 0 Å². The average molecular weight is 249 g/mol. The summed E-state index contributed by atoms with van der Waals surface area (Å²) in [5.74, 6) is -1.00. The van der Waals surface area contributed by atoms with E-state index in [1.807, 2.05) is 0 Å². The molecule has 0 aliphatic carbocycles. The van der Waals surface area contributed by atoms with Crippen molar-refractivity contribution in [3.05, 3.63) is 17.0 Å². The van der Waals surface area contributed by atoms with Crippen molar-refractivity contribution < 1.29 is 9.90 Å². The number of nitrogens with zero attached hydrogens (tertiary/aromatic N) is 2. The van der Waals surface area contributed by atoms with Gasteiger partial charge in [0, 0.05) is 6.54 Å². The second kappa shape index (κ2) is 4.02. The molecular weight excluding hydrogens is 239 g/mol. The van der Waals surface area contributed by atoms with E-state index in [0.29, 0.717) is 0 Å². The predicted molar refractivity (Wildman–Crippen MR) is 56.6 cm³/mol. The molecule has 2 heterocycles. The SMILES string of the molecule is O=C(O)c1c(C(Cl)Cl)nn2c1CCCC2. The van der Waals surface area contributed by atoms with Gasteiger partial charge in [-0.15, -0.1) is 0 Å². The fourth-order valence-corrected chi connectivity index (χ4v) is 2.20. The van der Waals surface area contributed by atoms with Gasteiger partial charge in [0.25, 0.3) is 0 Å². The minimum Gasteiger partial charge on any atom is -0.478 e. The third-order valence-corrected chi connectivity index (χ3v) is 2.95. The van der Waals surface area contributed by atoms with Crippen LogP contribution in [0.25, 0.3) is 0 Å².